The quantitative estimate of drug-likeness (QED) is 0.765. The predicted octanol–water partition coefficient (Wildman–Crippen LogP) is 3.50. The molecular weight excluding hydrogens is 381 g/mol. The van der Waals surface area contributed by atoms with Crippen LogP contribution >= 0.6 is 11.6 Å². The SMILES string of the molecule is C[C@@H](C(=O)Nc1ccc(F)cc1Cl)N1CCN(CCOc2ccccc2)CC1. The smallest absolute Gasteiger partial charge is 0.241 e. The van der Waals surface area contributed by atoms with Crippen LogP contribution in [0.25, 0.3) is 0 Å². The van der Waals surface area contributed by atoms with Crippen molar-refractivity contribution in [3.8, 4) is 5.75 Å². The van der Waals surface area contributed by atoms with Crippen LogP contribution in [0.5, 0.6) is 5.75 Å². The van der Waals surface area contributed by atoms with Gasteiger partial charge in [0, 0.05) is 32.7 Å². The van der Waals surface area contributed by atoms with Crippen molar-refractivity contribution in [1.82, 2.24) is 9.80 Å². The van der Waals surface area contributed by atoms with Gasteiger partial charge in [-0.25, -0.2) is 4.39 Å². The number of piperazine rings is 1. The summed E-state index contributed by atoms with van der Waals surface area (Å²) in [6.45, 7) is 6.74. The van der Waals surface area contributed by atoms with Crippen molar-refractivity contribution in [2.75, 3.05) is 44.6 Å². The van der Waals surface area contributed by atoms with E-state index in [2.05, 4.69) is 15.1 Å². The minimum atomic E-state index is -0.427. The zero-order chi connectivity index (χ0) is 19.9. The number of anilines is 1. The number of ether oxygens (including phenoxy) is 1. The molecule has 1 atom stereocenters. The van der Waals surface area contributed by atoms with Crippen molar-refractivity contribution in [3.05, 3.63) is 59.4 Å². The molecule has 5 nitrogen and oxygen atoms in total. The van der Waals surface area contributed by atoms with Crippen LogP contribution in [0, 0.1) is 5.82 Å². The van der Waals surface area contributed by atoms with Crippen molar-refractivity contribution in [2.45, 2.75) is 13.0 Å². The number of para-hydroxylation sites is 1. The van der Waals surface area contributed by atoms with Crippen molar-refractivity contribution >= 4 is 23.2 Å². The Morgan fingerprint density at radius 3 is 2.57 bits per heavy atom. The molecule has 1 aliphatic rings. The standard InChI is InChI=1S/C21H25ClFN3O2/c1-16(21(27)24-20-8-7-17(23)15-19(20)22)26-11-9-25(10-12-26)13-14-28-18-5-3-2-4-6-18/h2-8,15-16H,9-14H2,1H3,(H,24,27)/t16-/m0/s1. The number of nitrogens with zero attached hydrogens (tertiary/aromatic N) is 2. The lowest BCUT2D eigenvalue weighted by molar-refractivity contribution is -0.121. The lowest BCUT2D eigenvalue weighted by Crippen LogP contribution is -2.53. The summed E-state index contributed by atoms with van der Waals surface area (Å²) in [4.78, 5) is 17.0. The second-order valence-electron chi connectivity index (χ2n) is 6.83. The molecule has 1 saturated heterocycles. The van der Waals surface area contributed by atoms with E-state index in [0.29, 0.717) is 12.3 Å². The Morgan fingerprint density at radius 1 is 1.18 bits per heavy atom. The van der Waals surface area contributed by atoms with Gasteiger partial charge in [-0.15, -0.1) is 0 Å². The first-order valence-electron chi connectivity index (χ1n) is 9.43. The highest BCUT2D eigenvalue weighted by molar-refractivity contribution is 6.33. The van der Waals surface area contributed by atoms with Crippen LogP contribution in [0.3, 0.4) is 0 Å². The number of carbonyl (C=O) groups excluding carboxylic acids is 1. The summed E-state index contributed by atoms with van der Waals surface area (Å²) in [5.41, 5.74) is 0.427. The van der Waals surface area contributed by atoms with Gasteiger partial charge in [-0.05, 0) is 37.3 Å². The number of benzene rings is 2. The molecule has 1 heterocycles. The number of nitrogens with one attached hydrogen (secondary N) is 1. The van der Waals surface area contributed by atoms with E-state index in [1.54, 1.807) is 0 Å². The van der Waals surface area contributed by atoms with E-state index >= 15 is 0 Å². The first-order valence-corrected chi connectivity index (χ1v) is 9.81. The topological polar surface area (TPSA) is 44.8 Å². The molecule has 28 heavy (non-hydrogen) atoms. The van der Waals surface area contributed by atoms with Crippen LogP contribution < -0.4 is 10.1 Å². The number of amides is 1. The van der Waals surface area contributed by atoms with E-state index in [1.807, 2.05) is 37.3 Å². The minimum Gasteiger partial charge on any atom is -0.492 e. The number of carbonyl (C=O) groups is 1. The van der Waals surface area contributed by atoms with Crippen molar-refractivity contribution in [3.63, 3.8) is 0 Å². The van der Waals surface area contributed by atoms with Gasteiger partial charge in [0.2, 0.25) is 5.91 Å². The second-order valence-corrected chi connectivity index (χ2v) is 7.24. The van der Waals surface area contributed by atoms with Gasteiger partial charge in [0.05, 0.1) is 16.8 Å². The molecular formula is C21H25ClFN3O2. The Morgan fingerprint density at radius 2 is 1.89 bits per heavy atom. The molecule has 0 radical (unpaired) electrons. The maximum absolute atomic E-state index is 13.1. The summed E-state index contributed by atoms with van der Waals surface area (Å²) in [7, 11) is 0. The van der Waals surface area contributed by atoms with Crippen LogP contribution in [0.1, 0.15) is 6.92 Å². The second kappa shape index (κ2) is 9.87. The first-order chi connectivity index (χ1) is 13.5. The highest BCUT2D eigenvalue weighted by Gasteiger charge is 2.25. The van der Waals surface area contributed by atoms with Gasteiger partial charge in [0.15, 0.2) is 0 Å². The van der Waals surface area contributed by atoms with Crippen LogP contribution in [-0.4, -0.2) is 61.1 Å². The largest absolute Gasteiger partial charge is 0.492 e. The van der Waals surface area contributed by atoms with Crippen molar-refractivity contribution in [1.29, 1.82) is 0 Å². The summed E-state index contributed by atoms with van der Waals surface area (Å²) >= 11 is 5.99. The average Bonchev–Trinajstić information content (AvgIpc) is 2.71. The van der Waals surface area contributed by atoms with Gasteiger partial charge in [-0.1, -0.05) is 29.8 Å². The van der Waals surface area contributed by atoms with Crippen molar-refractivity contribution in [2.24, 2.45) is 0 Å². The fourth-order valence-corrected chi connectivity index (χ4v) is 3.39. The van der Waals surface area contributed by atoms with Gasteiger partial charge < -0.3 is 10.1 Å². The summed E-state index contributed by atoms with van der Waals surface area (Å²) in [5, 5.41) is 2.98. The minimum absolute atomic E-state index is 0.144. The molecule has 0 bridgehead atoms. The molecule has 0 aromatic heterocycles. The van der Waals surface area contributed by atoms with Gasteiger partial charge in [-0.3, -0.25) is 14.6 Å². The van der Waals surface area contributed by atoms with Gasteiger partial charge in [0.1, 0.15) is 18.2 Å². The molecule has 0 aliphatic carbocycles. The molecule has 1 N–H and O–H groups in total. The first kappa shape index (κ1) is 20.6. The van der Waals surface area contributed by atoms with E-state index in [1.165, 1.54) is 18.2 Å². The number of hydrogen-bond donors (Lipinski definition) is 1. The van der Waals surface area contributed by atoms with E-state index in [-0.39, 0.29) is 17.0 Å². The normalized spacial score (nSPS) is 16.5. The zero-order valence-corrected chi connectivity index (χ0v) is 16.7. The Bertz CT molecular complexity index is 782. The molecule has 1 aliphatic heterocycles. The van der Waals surface area contributed by atoms with E-state index in [9.17, 15) is 9.18 Å². The molecule has 1 fully saturated rings. The highest BCUT2D eigenvalue weighted by atomic mass is 35.5. The molecule has 0 unspecified atom stereocenters. The third kappa shape index (κ3) is 5.67. The van der Waals surface area contributed by atoms with Crippen molar-refractivity contribution < 1.29 is 13.9 Å². The lowest BCUT2D eigenvalue weighted by Gasteiger charge is -2.37. The maximum Gasteiger partial charge on any atom is 0.241 e. The number of hydrogen-bond acceptors (Lipinski definition) is 4. The molecule has 150 valence electrons. The lowest BCUT2D eigenvalue weighted by atomic mass is 10.2. The zero-order valence-electron chi connectivity index (χ0n) is 15.9. The fraction of sp³-hybridized carbons (Fsp3) is 0.381. The molecule has 3 rings (SSSR count). The van der Waals surface area contributed by atoms with Gasteiger partial charge in [0.25, 0.3) is 0 Å². The summed E-state index contributed by atoms with van der Waals surface area (Å²) < 4.78 is 18.9. The Kier molecular flexibility index (Phi) is 7.25. The Balaban J connectivity index is 1.41. The molecule has 2 aromatic rings. The van der Waals surface area contributed by atoms with Crippen LogP contribution in [0.2, 0.25) is 5.02 Å². The monoisotopic (exact) mass is 405 g/mol. The maximum atomic E-state index is 13.1. The average molecular weight is 406 g/mol. The number of halogens is 2. The predicted molar refractivity (Wildman–Crippen MR) is 109 cm³/mol. The fourth-order valence-electron chi connectivity index (χ4n) is 3.18. The molecule has 0 saturated carbocycles. The summed E-state index contributed by atoms with van der Waals surface area (Å²) in [6.07, 6.45) is 0. The molecule has 0 spiro atoms. The molecule has 7 heteroatoms. The third-order valence-corrected chi connectivity index (χ3v) is 5.26. The van der Waals surface area contributed by atoms with E-state index in [0.717, 1.165) is 38.5 Å². The molecule has 1 amide bonds. The van der Waals surface area contributed by atoms with E-state index in [4.69, 9.17) is 16.3 Å². The summed E-state index contributed by atoms with van der Waals surface area (Å²) in [5.74, 6) is 0.309. The highest BCUT2D eigenvalue weighted by Crippen LogP contribution is 2.23. The van der Waals surface area contributed by atoms with Gasteiger partial charge in [-0.2, -0.15) is 0 Å². The van der Waals surface area contributed by atoms with Crippen LogP contribution in [0.15, 0.2) is 48.5 Å². The third-order valence-electron chi connectivity index (χ3n) is 4.94. The molecule has 2 aromatic carbocycles. The van der Waals surface area contributed by atoms with Gasteiger partial charge >= 0.3 is 0 Å². The van der Waals surface area contributed by atoms with E-state index < -0.39 is 5.82 Å². The Hall–Kier alpha value is -2.15. The summed E-state index contributed by atoms with van der Waals surface area (Å²) in [6, 6.07) is 13.4. The van der Waals surface area contributed by atoms with Crippen LogP contribution in [0.4, 0.5) is 10.1 Å². The van der Waals surface area contributed by atoms with Crippen LogP contribution in [-0.2, 0) is 4.79 Å². The number of rotatable bonds is 7. The Labute approximate surface area is 170 Å².